The fourth-order valence-electron chi connectivity index (χ4n) is 1.74. The number of nitriles is 1. The van der Waals surface area contributed by atoms with E-state index >= 15 is 0 Å². The van der Waals surface area contributed by atoms with Crippen molar-refractivity contribution >= 4 is 31.9 Å². The van der Waals surface area contributed by atoms with Crippen LogP contribution in [0.15, 0.2) is 38.0 Å². The lowest BCUT2D eigenvalue weighted by atomic mass is 10.0. The zero-order valence-electron chi connectivity index (χ0n) is 9.42. The number of nitrogens with one attached hydrogen (secondary N) is 1. The van der Waals surface area contributed by atoms with E-state index in [-0.39, 0.29) is 11.1 Å². The van der Waals surface area contributed by atoms with Gasteiger partial charge in [0, 0.05) is 20.2 Å². The minimum absolute atomic E-state index is 0.130. The van der Waals surface area contributed by atoms with Gasteiger partial charge in [0.1, 0.15) is 11.6 Å². The summed E-state index contributed by atoms with van der Waals surface area (Å²) < 4.78 is 1.77. The molecule has 1 N–H and O–H groups in total. The molecule has 0 aliphatic carbocycles. The summed E-state index contributed by atoms with van der Waals surface area (Å²) in [5, 5.41) is 9.10. The number of halogens is 2. The van der Waals surface area contributed by atoms with Crippen LogP contribution in [0.4, 0.5) is 0 Å². The van der Waals surface area contributed by atoms with E-state index in [4.69, 9.17) is 5.26 Å². The standard InChI is InChI=1S/C13H8Br2N2O/c1-7-2-11(12(6-16)13(18)17-7)8-3-9(14)5-10(15)4-8/h2-5H,1H3,(H,17,18). The minimum Gasteiger partial charge on any atom is -0.325 e. The normalized spacial score (nSPS) is 10.1. The van der Waals surface area contributed by atoms with Crippen molar-refractivity contribution in [1.82, 2.24) is 4.98 Å². The molecule has 90 valence electrons. The second-order valence-electron chi connectivity index (χ2n) is 3.84. The fraction of sp³-hybridized carbons (Fsp3) is 0.0769. The van der Waals surface area contributed by atoms with Gasteiger partial charge in [0.15, 0.2) is 0 Å². The number of rotatable bonds is 1. The minimum atomic E-state index is -0.358. The summed E-state index contributed by atoms with van der Waals surface area (Å²) in [6.45, 7) is 1.79. The monoisotopic (exact) mass is 366 g/mol. The second kappa shape index (κ2) is 5.09. The van der Waals surface area contributed by atoms with E-state index in [0.29, 0.717) is 5.56 Å². The SMILES string of the molecule is Cc1cc(-c2cc(Br)cc(Br)c2)c(C#N)c(=O)[nH]1. The van der Waals surface area contributed by atoms with Crippen LogP contribution in [0.2, 0.25) is 0 Å². The van der Waals surface area contributed by atoms with Crippen LogP contribution in [0.25, 0.3) is 11.1 Å². The van der Waals surface area contributed by atoms with Gasteiger partial charge in [-0.2, -0.15) is 5.26 Å². The summed E-state index contributed by atoms with van der Waals surface area (Å²) in [7, 11) is 0. The highest BCUT2D eigenvalue weighted by Crippen LogP contribution is 2.28. The zero-order valence-corrected chi connectivity index (χ0v) is 12.6. The van der Waals surface area contributed by atoms with E-state index in [2.05, 4.69) is 36.8 Å². The van der Waals surface area contributed by atoms with Crippen molar-refractivity contribution in [1.29, 1.82) is 5.26 Å². The molecule has 0 atom stereocenters. The predicted molar refractivity (Wildman–Crippen MR) is 77.4 cm³/mol. The van der Waals surface area contributed by atoms with Gasteiger partial charge in [-0.25, -0.2) is 0 Å². The molecule has 3 nitrogen and oxygen atoms in total. The molecule has 5 heteroatoms. The molecule has 0 amide bonds. The molecule has 0 saturated carbocycles. The maximum Gasteiger partial charge on any atom is 0.266 e. The van der Waals surface area contributed by atoms with Gasteiger partial charge in [-0.05, 0) is 36.8 Å². The van der Waals surface area contributed by atoms with Crippen LogP contribution in [0.5, 0.6) is 0 Å². The highest BCUT2D eigenvalue weighted by molar-refractivity contribution is 9.11. The third kappa shape index (κ3) is 2.55. The predicted octanol–water partition coefficient (Wildman–Crippen LogP) is 3.75. The first kappa shape index (κ1) is 13.1. The highest BCUT2D eigenvalue weighted by Gasteiger charge is 2.11. The number of aromatic amines is 1. The summed E-state index contributed by atoms with van der Waals surface area (Å²) >= 11 is 6.79. The molecular weight excluding hydrogens is 360 g/mol. The number of benzene rings is 1. The third-order valence-electron chi connectivity index (χ3n) is 2.45. The lowest BCUT2D eigenvalue weighted by molar-refractivity contribution is 1.13. The number of hydrogen-bond donors (Lipinski definition) is 1. The van der Waals surface area contributed by atoms with Crippen molar-refractivity contribution in [3.8, 4) is 17.2 Å². The molecule has 0 aliphatic rings. The number of aromatic nitrogens is 1. The quantitative estimate of drug-likeness (QED) is 0.834. The molecule has 0 fully saturated rings. The first-order chi connectivity index (χ1) is 8.51. The first-order valence-electron chi connectivity index (χ1n) is 5.12. The van der Waals surface area contributed by atoms with E-state index in [9.17, 15) is 4.79 Å². The third-order valence-corrected chi connectivity index (χ3v) is 3.37. The molecule has 0 aliphatic heterocycles. The fourth-order valence-corrected chi connectivity index (χ4v) is 3.03. The number of nitrogens with zero attached hydrogens (tertiary/aromatic N) is 1. The van der Waals surface area contributed by atoms with Gasteiger partial charge >= 0.3 is 0 Å². The van der Waals surface area contributed by atoms with E-state index in [1.165, 1.54) is 0 Å². The van der Waals surface area contributed by atoms with E-state index < -0.39 is 0 Å². The largest absolute Gasteiger partial charge is 0.325 e. The number of aryl methyl sites for hydroxylation is 1. The first-order valence-corrected chi connectivity index (χ1v) is 6.70. The van der Waals surface area contributed by atoms with Gasteiger partial charge in [0.05, 0.1) is 0 Å². The van der Waals surface area contributed by atoms with Gasteiger partial charge in [0.2, 0.25) is 0 Å². The van der Waals surface area contributed by atoms with Crippen molar-refractivity contribution in [2.45, 2.75) is 6.92 Å². The molecule has 0 spiro atoms. The maximum atomic E-state index is 11.7. The molecule has 2 rings (SSSR count). The van der Waals surface area contributed by atoms with Crippen LogP contribution in [0.3, 0.4) is 0 Å². The molecule has 0 unspecified atom stereocenters. The molecular formula is C13H8Br2N2O. The molecule has 0 radical (unpaired) electrons. The van der Waals surface area contributed by atoms with Crippen molar-refractivity contribution in [2.24, 2.45) is 0 Å². The van der Waals surface area contributed by atoms with Crippen LogP contribution in [-0.4, -0.2) is 4.98 Å². The van der Waals surface area contributed by atoms with Crippen LogP contribution >= 0.6 is 31.9 Å². The molecule has 1 aromatic heterocycles. The Bertz CT molecular complexity index is 694. The van der Waals surface area contributed by atoms with Gasteiger partial charge in [-0.3, -0.25) is 4.79 Å². The molecule has 18 heavy (non-hydrogen) atoms. The Morgan fingerprint density at radius 1 is 1.17 bits per heavy atom. The number of pyridine rings is 1. The van der Waals surface area contributed by atoms with Crippen LogP contribution < -0.4 is 5.56 Å². The van der Waals surface area contributed by atoms with Gasteiger partial charge in [0.25, 0.3) is 5.56 Å². The van der Waals surface area contributed by atoms with E-state index in [1.807, 2.05) is 24.3 Å². The lowest BCUT2D eigenvalue weighted by Crippen LogP contribution is -2.12. The second-order valence-corrected chi connectivity index (χ2v) is 5.67. The summed E-state index contributed by atoms with van der Waals surface area (Å²) in [6.07, 6.45) is 0. The van der Waals surface area contributed by atoms with E-state index in [1.54, 1.807) is 13.0 Å². The molecule has 2 aromatic rings. The molecule has 1 aromatic carbocycles. The Balaban J connectivity index is 2.78. The van der Waals surface area contributed by atoms with E-state index in [0.717, 1.165) is 20.2 Å². The van der Waals surface area contributed by atoms with Crippen molar-refractivity contribution in [3.63, 3.8) is 0 Å². The smallest absolute Gasteiger partial charge is 0.266 e. The Morgan fingerprint density at radius 3 is 2.33 bits per heavy atom. The molecule has 0 saturated heterocycles. The summed E-state index contributed by atoms with van der Waals surface area (Å²) in [5.74, 6) is 0. The number of H-pyrrole nitrogens is 1. The van der Waals surface area contributed by atoms with Gasteiger partial charge in [-0.1, -0.05) is 31.9 Å². The van der Waals surface area contributed by atoms with Gasteiger partial charge < -0.3 is 4.98 Å². The summed E-state index contributed by atoms with van der Waals surface area (Å²) in [4.78, 5) is 14.4. The average molecular weight is 368 g/mol. The van der Waals surface area contributed by atoms with Crippen LogP contribution in [0, 0.1) is 18.3 Å². The maximum absolute atomic E-state index is 11.7. The Labute approximate surface area is 121 Å². The Morgan fingerprint density at radius 2 is 1.78 bits per heavy atom. The van der Waals surface area contributed by atoms with Crippen molar-refractivity contribution < 1.29 is 0 Å². The molecule has 1 heterocycles. The topological polar surface area (TPSA) is 56.6 Å². The van der Waals surface area contributed by atoms with Crippen LogP contribution in [0.1, 0.15) is 11.3 Å². The lowest BCUT2D eigenvalue weighted by Gasteiger charge is -2.06. The Kier molecular flexibility index (Phi) is 3.69. The average Bonchev–Trinajstić information content (AvgIpc) is 2.26. The van der Waals surface area contributed by atoms with Crippen LogP contribution in [-0.2, 0) is 0 Å². The summed E-state index contributed by atoms with van der Waals surface area (Å²) in [6, 6.07) is 9.40. The number of hydrogen-bond acceptors (Lipinski definition) is 2. The van der Waals surface area contributed by atoms with Gasteiger partial charge in [-0.15, -0.1) is 0 Å². The Hall–Kier alpha value is -1.38. The summed E-state index contributed by atoms with van der Waals surface area (Å²) in [5.41, 5.74) is 1.96. The molecule has 0 bridgehead atoms. The highest BCUT2D eigenvalue weighted by atomic mass is 79.9. The zero-order chi connectivity index (χ0) is 13.3. The van der Waals surface area contributed by atoms with Crippen molar-refractivity contribution in [3.05, 3.63) is 54.8 Å². The van der Waals surface area contributed by atoms with Crippen molar-refractivity contribution in [2.75, 3.05) is 0 Å².